The first-order valence-corrected chi connectivity index (χ1v) is 5.78. The maximum absolute atomic E-state index is 5.63. The molecule has 0 aliphatic rings. The van der Waals surface area contributed by atoms with E-state index in [0.717, 1.165) is 28.6 Å². The molecule has 0 saturated carbocycles. The van der Waals surface area contributed by atoms with Gasteiger partial charge < -0.3 is 19.6 Å². The second kappa shape index (κ2) is 5.60. The Kier molecular flexibility index (Phi) is 3.89. The normalized spacial score (nSPS) is 10.4. The van der Waals surface area contributed by atoms with Crippen LogP contribution < -0.4 is 15.2 Å². The van der Waals surface area contributed by atoms with E-state index in [0.29, 0.717) is 13.2 Å². The number of hydrogen-bond donors (Lipinski definition) is 1. The first-order valence-electron chi connectivity index (χ1n) is 5.78. The van der Waals surface area contributed by atoms with Gasteiger partial charge in [0, 0.05) is 18.2 Å². The Hall–Kier alpha value is -1.94. The molecule has 0 amide bonds. The van der Waals surface area contributed by atoms with Crippen molar-refractivity contribution < 1.29 is 13.9 Å². The van der Waals surface area contributed by atoms with Gasteiger partial charge in [-0.3, -0.25) is 0 Å². The molecule has 0 saturated heterocycles. The van der Waals surface area contributed by atoms with Crippen LogP contribution in [0.2, 0.25) is 0 Å². The Morgan fingerprint density at radius 2 is 2.00 bits per heavy atom. The molecule has 1 aromatic heterocycles. The van der Waals surface area contributed by atoms with Crippen LogP contribution in [0, 0.1) is 6.92 Å². The average molecular weight is 247 g/mol. The molecule has 0 spiro atoms. The molecule has 1 heterocycles. The molecule has 2 rings (SSSR count). The zero-order valence-electron chi connectivity index (χ0n) is 10.6. The molecule has 4 nitrogen and oxygen atoms in total. The van der Waals surface area contributed by atoms with Crippen molar-refractivity contribution in [2.45, 2.75) is 20.1 Å². The zero-order chi connectivity index (χ0) is 13.0. The molecule has 2 N–H and O–H groups in total. The van der Waals surface area contributed by atoms with Gasteiger partial charge in [0.05, 0.1) is 7.11 Å². The number of benzene rings is 1. The van der Waals surface area contributed by atoms with Crippen molar-refractivity contribution in [3.63, 3.8) is 0 Å². The van der Waals surface area contributed by atoms with Gasteiger partial charge in [-0.1, -0.05) is 6.07 Å². The Balaban J connectivity index is 2.01. The van der Waals surface area contributed by atoms with Crippen LogP contribution in [0.5, 0.6) is 11.5 Å². The second-order valence-electron chi connectivity index (χ2n) is 3.97. The van der Waals surface area contributed by atoms with E-state index < -0.39 is 0 Å². The van der Waals surface area contributed by atoms with Gasteiger partial charge in [-0.25, -0.2) is 0 Å². The highest BCUT2D eigenvalue weighted by molar-refractivity contribution is 5.33. The van der Waals surface area contributed by atoms with Gasteiger partial charge >= 0.3 is 0 Å². The van der Waals surface area contributed by atoms with Crippen LogP contribution >= 0.6 is 0 Å². The number of hydrogen-bond acceptors (Lipinski definition) is 4. The highest BCUT2D eigenvalue weighted by Crippen LogP contribution is 2.21. The largest absolute Gasteiger partial charge is 0.497 e. The topological polar surface area (TPSA) is 57.6 Å². The van der Waals surface area contributed by atoms with Gasteiger partial charge in [-0.2, -0.15) is 0 Å². The summed E-state index contributed by atoms with van der Waals surface area (Å²) in [5.74, 6) is 3.14. The third-order valence-corrected chi connectivity index (χ3v) is 2.71. The summed E-state index contributed by atoms with van der Waals surface area (Å²) in [6, 6.07) is 9.39. The minimum atomic E-state index is 0.383. The molecule has 0 fully saturated rings. The van der Waals surface area contributed by atoms with E-state index in [9.17, 15) is 0 Å². The fraction of sp³-hybridized carbons (Fsp3) is 0.286. The molecular weight excluding hydrogens is 230 g/mol. The van der Waals surface area contributed by atoms with E-state index in [2.05, 4.69) is 0 Å². The van der Waals surface area contributed by atoms with Gasteiger partial charge in [0.2, 0.25) is 0 Å². The summed E-state index contributed by atoms with van der Waals surface area (Å²) >= 11 is 0. The summed E-state index contributed by atoms with van der Waals surface area (Å²) in [6.45, 7) is 2.76. The van der Waals surface area contributed by atoms with Crippen molar-refractivity contribution in [1.82, 2.24) is 0 Å². The van der Waals surface area contributed by atoms with E-state index in [4.69, 9.17) is 19.6 Å². The maximum Gasteiger partial charge on any atom is 0.146 e. The van der Waals surface area contributed by atoms with Crippen LogP contribution in [0.15, 0.2) is 34.7 Å². The van der Waals surface area contributed by atoms with E-state index in [-0.39, 0.29) is 0 Å². The quantitative estimate of drug-likeness (QED) is 0.882. The SMILES string of the molecule is COc1cccc(OCc2cc(CN)c(C)o2)c1. The predicted octanol–water partition coefficient (Wildman–Crippen LogP) is 2.63. The van der Waals surface area contributed by atoms with Crippen LogP contribution in [0.25, 0.3) is 0 Å². The molecule has 1 aromatic carbocycles. The van der Waals surface area contributed by atoms with Gasteiger partial charge in [-0.05, 0) is 25.1 Å². The van der Waals surface area contributed by atoms with Gasteiger partial charge in [0.1, 0.15) is 29.6 Å². The summed E-state index contributed by atoms with van der Waals surface area (Å²) in [4.78, 5) is 0. The summed E-state index contributed by atoms with van der Waals surface area (Å²) in [5.41, 5.74) is 6.60. The van der Waals surface area contributed by atoms with Crippen LogP contribution in [-0.2, 0) is 13.2 Å². The van der Waals surface area contributed by atoms with Crippen LogP contribution in [0.4, 0.5) is 0 Å². The Morgan fingerprint density at radius 1 is 1.22 bits per heavy atom. The average Bonchev–Trinajstić information content (AvgIpc) is 2.77. The first-order chi connectivity index (χ1) is 8.72. The zero-order valence-corrected chi connectivity index (χ0v) is 10.6. The fourth-order valence-electron chi connectivity index (χ4n) is 1.71. The van der Waals surface area contributed by atoms with Crippen molar-refractivity contribution in [3.8, 4) is 11.5 Å². The van der Waals surface area contributed by atoms with E-state index in [1.54, 1.807) is 7.11 Å². The van der Waals surface area contributed by atoms with Crippen LogP contribution in [-0.4, -0.2) is 7.11 Å². The Bertz CT molecular complexity index is 520. The van der Waals surface area contributed by atoms with Crippen molar-refractivity contribution in [1.29, 1.82) is 0 Å². The molecule has 0 unspecified atom stereocenters. The number of nitrogens with two attached hydrogens (primary N) is 1. The molecular formula is C14H17NO3. The molecule has 0 radical (unpaired) electrons. The summed E-state index contributed by atoms with van der Waals surface area (Å²) in [7, 11) is 1.63. The van der Waals surface area contributed by atoms with Gasteiger partial charge in [0.25, 0.3) is 0 Å². The maximum atomic E-state index is 5.63. The van der Waals surface area contributed by atoms with Crippen molar-refractivity contribution in [2.24, 2.45) is 5.73 Å². The third kappa shape index (κ3) is 2.84. The highest BCUT2D eigenvalue weighted by Gasteiger charge is 2.06. The lowest BCUT2D eigenvalue weighted by atomic mass is 10.2. The van der Waals surface area contributed by atoms with E-state index in [1.165, 1.54) is 0 Å². The van der Waals surface area contributed by atoms with E-state index >= 15 is 0 Å². The van der Waals surface area contributed by atoms with E-state index in [1.807, 2.05) is 37.3 Å². The molecule has 0 atom stereocenters. The summed E-state index contributed by atoms with van der Waals surface area (Å²) in [6.07, 6.45) is 0. The highest BCUT2D eigenvalue weighted by atomic mass is 16.5. The monoisotopic (exact) mass is 247 g/mol. The lowest BCUT2D eigenvalue weighted by molar-refractivity contribution is 0.266. The second-order valence-corrected chi connectivity index (χ2v) is 3.97. The molecule has 96 valence electrons. The molecule has 0 bridgehead atoms. The fourth-order valence-corrected chi connectivity index (χ4v) is 1.71. The lowest BCUT2D eigenvalue weighted by Crippen LogP contribution is -1.96. The number of methoxy groups -OCH3 is 1. The van der Waals surface area contributed by atoms with Crippen molar-refractivity contribution in [2.75, 3.05) is 7.11 Å². The Morgan fingerprint density at radius 3 is 2.67 bits per heavy atom. The smallest absolute Gasteiger partial charge is 0.146 e. The first kappa shape index (κ1) is 12.5. The molecule has 4 heteroatoms. The molecule has 18 heavy (non-hydrogen) atoms. The van der Waals surface area contributed by atoms with Crippen LogP contribution in [0.1, 0.15) is 17.1 Å². The number of aryl methyl sites for hydroxylation is 1. The molecule has 0 aliphatic heterocycles. The predicted molar refractivity (Wildman–Crippen MR) is 68.7 cm³/mol. The Labute approximate surface area is 106 Å². The summed E-state index contributed by atoms with van der Waals surface area (Å²) in [5, 5.41) is 0. The molecule has 2 aromatic rings. The van der Waals surface area contributed by atoms with Crippen LogP contribution in [0.3, 0.4) is 0 Å². The standard InChI is InChI=1S/C14H17NO3/c1-10-11(8-15)6-14(18-10)9-17-13-5-3-4-12(7-13)16-2/h3-7H,8-9,15H2,1-2H3. The van der Waals surface area contributed by atoms with Crippen molar-refractivity contribution >= 4 is 0 Å². The minimum Gasteiger partial charge on any atom is -0.497 e. The summed E-state index contributed by atoms with van der Waals surface area (Å²) < 4.78 is 16.3. The number of rotatable bonds is 5. The van der Waals surface area contributed by atoms with Gasteiger partial charge in [-0.15, -0.1) is 0 Å². The number of ether oxygens (including phenoxy) is 2. The lowest BCUT2D eigenvalue weighted by Gasteiger charge is -2.05. The van der Waals surface area contributed by atoms with Crippen molar-refractivity contribution in [3.05, 3.63) is 47.4 Å². The minimum absolute atomic E-state index is 0.383. The molecule has 0 aliphatic carbocycles. The van der Waals surface area contributed by atoms with Gasteiger partial charge in [0.15, 0.2) is 0 Å². The number of furan rings is 1. The third-order valence-electron chi connectivity index (χ3n) is 2.71.